The molecule has 19 heavy (non-hydrogen) atoms. The monoisotopic (exact) mass is 257 g/mol. The summed E-state index contributed by atoms with van der Waals surface area (Å²) in [7, 11) is 0. The van der Waals surface area contributed by atoms with Crippen molar-refractivity contribution in [2.45, 2.75) is 13.0 Å². The van der Waals surface area contributed by atoms with Crippen molar-refractivity contribution in [3.8, 4) is 11.3 Å². The second-order valence-electron chi connectivity index (χ2n) is 5.11. The zero-order valence-electron chi connectivity index (χ0n) is 11.0. The normalized spacial score (nSPS) is 19.9. The molecular weight excluding hydrogens is 238 g/mol. The molecule has 0 spiro atoms. The van der Waals surface area contributed by atoms with E-state index in [1.54, 1.807) is 6.20 Å². The molecule has 0 bridgehead atoms. The van der Waals surface area contributed by atoms with Crippen LogP contribution in [0.4, 0.5) is 0 Å². The topological polar surface area (TPSA) is 55.3 Å². The third-order valence-corrected chi connectivity index (χ3v) is 3.67. The van der Waals surface area contributed by atoms with Gasteiger partial charge in [0.25, 0.3) is 0 Å². The Bertz CT molecular complexity index is 523. The molecule has 1 aliphatic heterocycles. The Morgan fingerprint density at radius 3 is 2.89 bits per heavy atom. The van der Waals surface area contributed by atoms with Crippen LogP contribution in [0.5, 0.6) is 0 Å². The number of oxazole rings is 1. The van der Waals surface area contributed by atoms with Gasteiger partial charge in [0.05, 0.1) is 12.7 Å². The van der Waals surface area contributed by atoms with Gasteiger partial charge in [-0.3, -0.25) is 4.90 Å². The van der Waals surface area contributed by atoms with Crippen molar-refractivity contribution >= 4 is 0 Å². The molecule has 1 atom stereocenters. The molecule has 4 nitrogen and oxygen atoms in total. The van der Waals surface area contributed by atoms with Crippen molar-refractivity contribution in [3.05, 3.63) is 42.4 Å². The molecule has 0 saturated carbocycles. The van der Waals surface area contributed by atoms with E-state index in [1.807, 2.05) is 30.3 Å². The second kappa shape index (κ2) is 5.55. The highest BCUT2D eigenvalue weighted by molar-refractivity contribution is 5.55. The number of rotatable bonds is 4. The maximum absolute atomic E-state index is 5.82. The van der Waals surface area contributed by atoms with E-state index in [0.717, 1.165) is 43.4 Å². The van der Waals surface area contributed by atoms with Gasteiger partial charge in [-0.25, -0.2) is 4.98 Å². The maximum Gasteiger partial charge on any atom is 0.209 e. The lowest BCUT2D eigenvalue weighted by Crippen LogP contribution is -2.22. The van der Waals surface area contributed by atoms with Gasteiger partial charge in [0.15, 0.2) is 5.76 Å². The van der Waals surface area contributed by atoms with Crippen LogP contribution in [0.1, 0.15) is 12.3 Å². The molecule has 1 unspecified atom stereocenters. The summed E-state index contributed by atoms with van der Waals surface area (Å²) in [6.07, 6.45) is 2.99. The molecule has 1 aromatic carbocycles. The number of hydrogen-bond donors (Lipinski definition) is 1. The maximum atomic E-state index is 5.82. The van der Waals surface area contributed by atoms with Gasteiger partial charge >= 0.3 is 0 Å². The average molecular weight is 257 g/mol. The molecular formula is C15H19N3O. The minimum Gasteiger partial charge on any atom is -0.439 e. The molecule has 1 saturated heterocycles. The first kappa shape index (κ1) is 12.4. The van der Waals surface area contributed by atoms with Crippen LogP contribution in [0.15, 0.2) is 40.9 Å². The van der Waals surface area contributed by atoms with E-state index in [0.29, 0.717) is 5.92 Å². The van der Waals surface area contributed by atoms with Gasteiger partial charge in [0, 0.05) is 12.1 Å². The molecule has 3 rings (SSSR count). The summed E-state index contributed by atoms with van der Waals surface area (Å²) in [5.74, 6) is 2.25. The Kier molecular flexibility index (Phi) is 3.62. The zero-order chi connectivity index (χ0) is 13.1. The van der Waals surface area contributed by atoms with E-state index in [-0.39, 0.29) is 0 Å². The Hall–Kier alpha value is -1.65. The highest BCUT2D eigenvalue weighted by atomic mass is 16.4. The minimum atomic E-state index is 0.628. The summed E-state index contributed by atoms with van der Waals surface area (Å²) in [4.78, 5) is 6.73. The Morgan fingerprint density at radius 2 is 2.16 bits per heavy atom. The van der Waals surface area contributed by atoms with E-state index < -0.39 is 0 Å². The molecule has 100 valence electrons. The fraction of sp³-hybridized carbons (Fsp3) is 0.400. The van der Waals surface area contributed by atoms with Crippen molar-refractivity contribution in [1.82, 2.24) is 9.88 Å². The van der Waals surface area contributed by atoms with E-state index in [2.05, 4.69) is 9.88 Å². The third-order valence-electron chi connectivity index (χ3n) is 3.67. The lowest BCUT2D eigenvalue weighted by atomic mass is 10.1. The van der Waals surface area contributed by atoms with Gasteiger partial charge in [-0.2, -0.15) is 0 Å². The third kappa shape index (κ3) is 2.85. The number of hydrogen-bond acceptors (Lipinski definition) is 4. The molecule has 1 fully saturated rings. The summed E-state index contributed by atoms with van der Waals surface area (Å²) in [5, 5.41) is 0. The van der Waals surface area contributed by atoms with Gasteiger partial charge in [0.2, 0.25) is 5.89 Å². The Balaban J connectivity index is 1.66. The van der Waals surface area contributed by atoms with Crippen molar-refractivity contribution in [1.29, 1.82) is 0 Å². The fourth-order valence-corrected chi connectivity index (χ4v) is 2.56. The van der Waals surface area contributed by atoms with E-state index in [9.17, 15) is 0 Å². The van der Waals surface area contributed by atoms with Gasteiger partial charge in [-0.05, 0) is 25.4 Å². The van der Waals surface area contributed by atoms with Crippen LogP contribution in [0.2, 0.25) is 0 Å². The lowest BCUT2D eigenvalue weighted by Gasteiger charge is -2.12. The van der Waals surface area contributed by atoms with Crippen molar-refractivity contribution < 1.29 is 4.42 Å². The molecule has 2 heterocycles. The quantitative estimate of drug-likeness (QED) is 0.911. The van der Waals surface area contributed by atoms with Gasteiger partial charge < -0.3 is 10.2 Å². The lowest BCUT2D eigenvalue weighted by molar-refractivity contribution is 0.282. The van der Waals surface area contributed by atoms with Gasteiger partial charge in [-0.15, -0.1) is 0 Å². The highest BCUT2D eigenvalue weighted by Crippen LogP contribution is 2.22. The zero-order valence-corrected chi connectivity index (χ0v) is 11.0. The van der Waals surface area contributed by atoms with Crippen LogP contribution in [0.3, 0.4) is 0 Å². The molecule has 1 aliphatic rings. The first-order valence-corrected chi connectivity index (χ1v) is 6.77. The summed E-state index contributed by atoms with van der Waals surface area (Å²) in [5.41, 5.74) is 6.78. The van der Waals surface area contributed by atoms with Crippen molar-refractivity contribution in [2.24, 2.45) is 11.7 Å². The summed E-state index contributed by atoms with van der Waals surface area (Å²) < 4.78 is 5.82. The molecule has 0 aliphatic carbocycles. The van der Waals surface area contributed by atoms with Crippen LogP contribution in [-0.4, -0.2) is 29.5 Å². The molecule has 2 N–H and O–H groups in total. The van der Waals surface area contributed by atoms with Crippen LogP contribution >= 0.6 is 0 Å². The van der Waals surface area contributed by atoms with Crippen LogP contribution in [0.25, 0.3) is 11.3 Å². The summed E-state index contributed by atoms with van der Waals surface area (Å²) in [6, 6.07) is 10.1. The molecule has 1 aromatic heterocycles. The average Bonchev–Trinajstić information content (AvgIpc) is 3.09. The number of likely N-dealkylation sites (tertiary alicyclic amines) is 1. The smallest absolute Gasteiger partial charge is 0.209 e. The molecule has 4 heteroatoms. The number of benzene rings is 1. The van der Waals surface area contributed by atoms with Gasteiger partial charge in [-0.1, -0.05) is 30.3 Å². The number of nitrogens with zero attached hydrogens (tertiary/aromatic N) is 2. The summed E-state index contributed by atoms with van der Waals surface area (Å²) >= 11 is 0. The van der Waals surface area contributed by atoms with E-state index in [4.69, 9.17) is 10.2 Å². The molecule has 0 radical (unpaired) electrons. The highest BCUT2D eigenvalue weighted by Gasteiger charge is 2.22. The van der Waals surface area contributed by atoms with E-state index in [1.165, 1.54) is 6.42 Å². The number of aromatic nitrogens is 1. The summed E-state index contributed by atoms with van der Waals surface area (Å²) in [6.45, 7) is 3.70. The Labute approximate surface area is 113 Å². The first-order chi connectivity index (χ1) is 9.35. The first-order valence-electron chi connectivity index (χ1n) is 6.77. The van der Waals surface area contributed by atoms with Crippen molar-refractivity contribution in [3.63, 3.8) is 0 Å². The van der Waals surface area contributed by atoms with Crippen LogP contribution in [-0.2, 0) is 6.54 Å². The SMILES string of the molecule is NCC1CCN(Cc2ncc(-c3ccccc3)o2)C1. The Morgan fingerprint density at radius 1 is 1.32 bits per heavy atom. The molecule has 2 aromatic rings. The molecule has 0 amide bonds. The standard InChI is InChI=1S/C15H19N3O/c16-8-12-6-7-18(10-12)11-15-17-9-14(19-15)13-4-2-1-3-5-13/h1-5,9,12H,6-8,10-11,16H2. The largest absolute Gasteiger partial charge is 0.439 e. The second-order valence-corrected chi connectivity index (χ2v) is 5.11. The predicted molar refractivity (Wildman–Crippen MR) is 74.4 cm³/mol. The van der Waals surface area contributed by atoms with Gasteiger partial charge in [0.1, 0.15) is 0 Å². The van der Waals surface area contributed by atoms with Crippen LogP contribution in [0, 0.1) is 5.92 Å². The fourth-order valence-electron chi connectivity index (χ4n) is 2.56. The predicted octanol–water partition coefficient (Wildman–Crippen LogP) is 2.12. The van der Waals surface area contributed by atoms with Crippen molar-refractivity contribution in [2.75, 3.05) is 19.6 Å². The van der Waals surface area contributed by atoms with Crippen LogP contribution < -0.4 is 5.73 Å². The minimum absolute atomic E-state index is 0.628. The van der Waals surface area contributed by atoms with E-state index >= 15 is 0 Å². The number of nitrogens with two attached hydrogens (primary N) is 1.